The molecule has 164 valence electrons. The first-order valence-corrected chi connectivity index (χ1v) is 11.7. The normalized spacial score (nSPS) is 14.2. The number of ether oxygens (including phenoxy) is 1. The van der Waals surface area contributed by atoms with E-state index in [0.717, 1.165) is 46.4 Å². The van der Waals surface area contributed by atoms with Crippen LogP contribution in [0.3, 0.4) is 0 Å². The maximum absolute atomic E-state index is 12.3. The SMILES string of the molecule is CCSc1nc(N2CCOCC2)c2cnn(CCNC(=O)Cc3ccc(Cl)cc3)c2n1. The summed E-state index contributed by atoms with van der Waals surface area (Å²) >= 11 is 7.51. The topological polar surface area (TPSA) is 85.2 Å². The van der Waals surface area contributed by atoms with Crippen molar-refractivity contribution in [2.24, 2.45) is 0 Å². The van der Waals surface area contributed by atoms with Crippen molar-refractivity contribution < 1.29 is 9.53 Å². The number of morpholine rings is 1. The maximum Gasteiger partial charge on any atom is 0.224 e. The third-order valence-electron chi connectivity index (χ3n) is 4.96. The average Bonchev–Trinajstić information content (AvgIpc) is 3.18. The first-order valence-electron chi connectivity index (χ1n) is 10.3. The fraction of sp³-hybridized carbons (Fsp3) is 0.429. The van der Waals surface area contributed by atoms with E-state index in [2.05, 4.69) is 22.2 Å². The largest absolute Gasteiger partial charge is 0.378 e. The Morgan fingerprint density at radius 2 is 2.00 bits per heavy atom. The molecule has 8 nitrogen and oxygen atoms in total. The number of anilines is 1. The summed E-state index contributed by atoms with van der Waals surface area (Å²) in [4.78, 5) is 24.0. The number of nitrogens with one attached hydrogen (secondary N) is 1. The molecule has 0 radical (unpaired) electrons. The van der Waals surface area contributed by atoms with Crippen LogP contribution in [-0.4, -0.2) is 64.3 Å². The predicted molar refractivity (Wildman–Crippen MR) is 123 cm³/mol. The van der Waals surface area contributed by atoms with Crippen molar-refractivity contribution in [3.63, 3.8) is 0 Å². The highest BCUT2D eigenvalue weighted by Gasteiger charge is 2.20. The van der Waals surface area contributed by atoms with Gasteiger partial charge in [0.25, 0.3) is 0 Å². The smallest absolute Gasteiger partial charge is 0.224 e. The molecule has 4 rings (SSSR count). The number of thioether (sulfide) groups is 1. The van der Waals surface area contributed by atoms with Crippen molar-refractivity contribution in [3.8, 4) is 0 Å². The molecule has 0 spiro atoms. The molecule has 1 aliphatic heterocycles. The Bertz CT molecular complexity index is 1040. The van der Waals surface area contributed by atoms with Crippen LogP contribution >= 0.6 is 23.4 Å². The van der Waals surface area contributed by atoms with Crippen molar-refractivity contribution >= 4 is 46.1 Å². The summed E-state index contributed by atoms with van der Waals surface area (Å²) in [7, 11) is 0. The highest BCUT2D eigenvalue weighted by atomic mass is 35.5. The minimum absolute atomic E-state index is 0.0374. The second-order valence-electron chi connectivity index (χ2n) is 7.12. The van der Waals surface area contributed by atoms with Gasteiger partial charge < -0.3 is 15.0 Å². The van der Waals surface area contributed by atoms with Crippen molar-refractivity contribution in [1.29, 1.82) is 0 Å². The van der Waals surface area contributed by atoms with Crippen molar-refractivity contribution in [2.45, 2.75) is 25.0 Å². The minimum Gasteiger partial charge on any atom is -0.378 e. The number of benzene rings is 1. The Hall–Kier alpha value is -2.36. The molecule has 1 aromatic carbocycles. The van der Waals surface area contributed by atoms with Crippen molar-refractivity contribution in [2.75, 3.05) is 43.5 Å². The van der Waals surface area contributed by atoms with Crippen molar-refractivity contribution in [3.05, 3.63) is 41.0 Å². The first kappa shape index (κ1) is 21.9. The zero-order valence-corrected chi connectivity index (χ0v) is 19.0. The second kappa shape index (κ2) is 10.3. The lowest BCUT2D eigenvalue weighted by atomic mass is 10.1. The molecule has 0 bridgehead atoms. The molecular formula is C21H25ClN6O2S. The highest BCUT2D eigenvalue weighted by Crippen LogP contribution is 2.27. The Labute approximate surface area is 190 Å². The molecule has 0 atom stereocenters. The lowest BCUT2D eigenvalue weighted by Gasteiger charge is -2.28. The molecule has 2 aromatic heterocycles. The number of nitrogens with zero attached hydrogens (tertiary/aromatic N) is 5. The van der Waals surface area contributed by atoms with E-state index in [1.165, 1.54) is 0 Å². The molecule has 1 saturated heterocycles. The molecule has 1 N–H and O–H groups in total. The van der Waals surface area contributed by atoms with E-state index in [-0.39, 0.29) is 5.91 Å². The fourth-order valence-electron chi connectivity index (χ4n) is 3.45. The van der Waals surface area contributed by atoms with E-state index in [4.69, 9.17) is 26.3 Å². The van der Waals surface area contributed by atoms with Gasteiger partial charge in [0.05, 0.1) is 37.8 Å². The molecule has 3 aromatic rings. The van der Waals surface area contributed by atoms with E-state index in [9.17, 15) is 4.79 Å². The molecule has 1 aliphatic rings. The van der Waals surface area contributed by atoms with Crippen LogP contribution in [0.4, 0.5) is 5.82 Å². The monoisotopic (exact) mass is 460 g/mol. The van der Waals surface area contributed by atoms with Crippen LogP contribution in [0.25, 0.3) is 11.0 Å². The first-order chi connectivity index (χ1) is 15.1. The highest BCUT2D eigenvalue weighted by molar-refractivity contribution is 7.99. The average molecular weight is 461 g/mol. The molecule has 31 heavy (non-hydrogen) atoms. The van der Waals surface area contributed by atoms with Gasteiger partial charge in [-0.3, -0.25) is 4.79 Å². The summed E-state index contributed by atoms with van der Waals surface area (Å²) < 4.78 is 7.32. The summed E-state index contributed by atoms with van der Waals surface area (Å²) in [6, 6.07) is 7.30. The summed E-state index contributed by atoms with van der Waals surface area (Å²) in [5.41, 5.74) is 1.72. The Kier molecular flexibility index (Phi) is 7.26. The van der Waals surface area contributed by atoms with Crippen LogP contribution < -0.4 is 10.2 Å². The molecular weight excluding hydrogens is 436 g/mol. The van der Waals surface area contributed by atoms with E-state index >= 15 is 0 Å². The Morgan fingerprint density at radius 3 is 2.74 bits per heavy atom. The molecule has 1 fully saturated rings. The number of carbonyl (C=O) groups excluding carboxylic acids is 1. The van der Waals surface area contributed by atoms with Crippen LogP contribution in [0.1, 0.15) is 12.5 Å². The van der Waals surface area contributed by atoms with Crippen molar-refractivity contribution in [1.82, 2.24) is 25.1 Å². The number of halogens is 1. The lowest BCUT2D eigenvalue weighted by molar-refractivity contribution is -0.120. The van der Waals surface area contributed by atoms with Gasteiger partial charge in [-0.05, 0) is 23.4 Å². The minimum atomic E-state index is -0.0374. The molecule has 10 heteroatoms. The second-order valence-corrected chi connectivity index (χ2v) is 8.79. The quantitative estimate of drug-likeness (QED) is 0.408. The predicted octanol–water partition coefficient (Wildman–Crippen LogP) is 2.79. The number of amides is 1. The molecule has 0 saturated carbocycles. The van der Waals surface area contributed by atoms with E-state index in [1.807, 2.05) is 23.0 Å². The van der Waals surface area contributed by atoms with Crippen LogP contribution in [0, 0.1) is 0 Å². The fourth-order valence-corrected chi connectivity index (χ4v) is 4.13. The van der Waals surface area contributed by atoms with Gasteiger partial charge in [0, 0.05) is 24.7 Å². The number of fused-ring (bicyclic) bond motifs is 1. The summed E-state index contributed by atoms with van der Waals surface area (Å²) in [5.74, 6) is 1.76. The summed E-state index contributed by atoms with van der Waals surface area (Å²) in [5, 5.41) is 9.81. The number of aromatic nitrogens is 4. The van der Waals surface area contributed by atoms with Gasteiger partial charge in [-0.1, -0.05) is 42.4 Å². The molecule has 0 unspecified atom stereocenters. The maximum atomic E-state index is 12.3. The van der Waals surface area contributed by atoms with Crippen LogP contribution in [0.2, 0.25) is 5.02 Å². The lowest BCUT2D eigenvalue weighted by Crippen LogP contribution is -2.37. The standard InChI is InChI=1S/C21H25ClN6O2S/c1-2-31-21-25-19(27-9-11-30-12-10-27)17-14-24-28(20(17)26-21)8-7-23-18(29)13-15-3-5-16(22)6-4-15/h3-6,14H,2,7-13H2,1H3,(H,23,29). The van der Waals surface area contributed by atoms with Crippen LogP contribution in [-0.2, 0) is 22.5 Å². The Balaban J connectivity index is 1.45. The number of hydrogen-bond donors (Lipinski definition) is 1. The molecule has 0 aliphatic carbocycles. The van der Waals surface area contributed by atoms with Gasteiger partial charge in [0.2, 0.25) is 5.91 Å². The third kappa shape index (κ3) is 5.47. The Morgan fingerprint density at radius 1 is 1.23 bits per heavy atom. The third-order valence-corrected chi connectivity index (χ3v) is 5.94. The van der Waals surface area contributed by atoms with Gasteiger partial charge in [-0.15, -0.1) is 0 Å². The van der Waals surface area contributed by atoms with E-state index < -0.39 is 0 Å². The number of carbonyl (C=O) groups is 1. The van der Waals surface area contributed by atoms with Gasteiger partial charge in [-0.2, -0.15) is 5.10 Å². The number of rotatable bonds is 8. The zero-order chi connectivity index (χ0) is 21.6. The van der Waals surface area contributed by atoms with E-state index in [0.29, 0.717) is 37.7 Å². The number of hydrogen-bond acceptors (Lipinski definition) is 7. The zero-order valence-electron chi connectivity index (χ0n) is 17.4. The van der Waals surface area contributed by atoms with Gasteiger partial charge in [0.1, 0.15) is 5.82 Å². The van der Waals surface area contributed by atoms with E-state index in [1.54, 1.807) is 23.9 Å². The molecule has 3 heterocycles. The van der Waals surface area contributed by atoms with Gasteiger partial charge in [0.15, 0.2) is 10.8 Å². The van der Waals surface area contributed by atoms with Gasteiger partial charge >= 0.3 is 0 Å². The summed E-state index contributed by atoms with van der Waals surface area (Å²) in [6.07, 6.45) is 2.13. The van der Waals surface area contributed by atoms with Gasteiger partial charge in [-0.25, -0.2) is 14.6 Å². The van der Waals surface area contributed by atoms with Crippen LogP contribution in [0.15, 0.2) is 35.6 Å². The van der Waals surface area contributed by atoms with Crippen LogP contribution in [0.5, 0.6) is 0 Å². The molecule has 1 amide bonds. The summed E-state index contributed by atoms with van der Waals surface area (Å²) in [6.45, 7) is 6.07.